The Morgan fingerprint density at radius 2 is 1.03 bits per heavy atom. The van der Waals surface area contributed by atoms with E-state index in [0.29, 0.717) is 0 Å². The van der Waals surface area contributed by atoms with Crippen LogP contribution in [0.5, 0.6) is 0 Å². The third-order valence-corrected chi connectivity index (χ3v) is 15.5. The summed E-state index contributed by atoms with van der Waals surface area (Å²) in [5, 5.41) is 6.83. The van der Waals surface area contributed by atoms with Crippen molar-refractivity contribution < 1.29 is 0 Å². The van der Waals surface area contributed by atoms with Crippen LogP contribution in [-0.4, -0.2) is 8.07 Å². The zero-order chi connectivity index (χ0) is 21.3. The average Bonchev–Trinajstić information content (AvgIpc) is 3.44. The van der Waals surface area contributed by atoms with Gasteiger partial charge in [0, 0.05) is 19.2 Å². The summed E-state index contributed by atoms with van der Waals surface area (Å²) in [5.41, 5.74) is 0. The number of hydrogen-bond donors (Lipinski definition) is 0. The van der Waals surface area contributed by atoms with Gasteiger partial charge in [0.1, 0.15) is 8.07 Å². The molecule has 0 spiro atoms. The Bertz CT molecular complexity index is 1090. The Kier molecular flexibility index (Phi) is 6.36. The zero-order valence-corrected chi connectivity index (χ0v) is 21.6. The van der Waals surface area contributed by atoms with E-state index in [2.05, 4.69) is 85.1 Å². The molecule has 1 aliphatic heterocycles. The summed E-state index contributed by atoms with van der Waals surface area (Å²) in [6.07, 6.45) is 11.0. The van der Waals surface area contributed by atoms with Crippen molar-refractivity contribution in [3.05, 3.63) is 48.5 Å². The highest BCUT2D eigenvalue weighted by molar-refractivity contribution is 7.35. The first-order valence-corrected chi connectivity index (χ1v) is 16.4. The molecule has 0 amide bonds. The number of thiophene rings is 2. The van der Waals surface area contributed by atoms with Crippen LogP contribution in [0.3, 0.4) is 0 Å². The van der Waals surface area contributed by atoms with Crippen molar-refractivity contribution in [3.63, 3.8) is 0 Å². The van der Waals surface area contributed by atoms with Crippen LogP contribution in [0.2, 0.25) is 12.1 Å². The van der Waals surface area contributed by atoms with Gasteiger partial charge in [-0.15, -0.1) is 22.7 Å². The van der Waals surface area contributed by atoms with E-state index < -0.39 is 8.07 Å². The predicted molar refractivity (Wildman–Crippen MR) is 146 cm³/mol. The zero-order valence-electron chi connectivity index (χ0n) is 19.0. The van der Waals surface area contributed by atoms with E-state index >= 15 is 0 Å². The van der Waals surface area contributed by atoms with Crippen molar-refractivity contribution in [1.29, 1.82) is 0 Å². The fourth-order valence-electron chi connectivity index (χ4n) is 5.82. The lowest BCUT2D eigenvalue weighted by molar-refractivity contribution is 0.685. The molecule has 2 aromatic heterocycles. The van der Waals surface area contributed by atoms with Crippen LogP contribution in [0.1, 0.15) is 65.2 Å². The second-order valence-corrected chi connectivity index (χ2v) is 15.6. The third-order valence-electron chi connectivity index (χ3n) is 7.27. The lowest BCUT2D eigenvalue weighted by atomic mass is 10.2. The minimum absolute atomic E-state index is 1.32. The Balaban J connectivity index is 1.70. The van der Waals surface area contributed by atoms with E-state index in [1.807, 2.05) is 10.4 Å². The van der Waals surface area contributed by atoms with Crippen LogP contribution in [0, 0.1) is 0 Å². The Morgan fingerprint density at radius 3 is 1.48 bits per heavy atom. The van der Waals surface area contributed by atoms with Crippen molar-refractivity contribution in [2.24, 2.45) is 0 Å². The topological polar surface area (TPSA) is 0 Å². The molecule has 162 valence electrons. The lowest BCUT2D eigenvalue weighted by Gasteiger charge is -2.30. The van der Waals surface area contributed by atoms with Gasteiger partial charge in [0.15, 0.2) is 0 Å². The summed E-state index contributed by atoms with van der Waals surface area (Å²) in [5.74, 6) is 0. The molecule has 2 aromatic carbocycles. The fraction of sp³-hybridized carbons (Fsp3) is 0.429. The molecule has 3 heterocycles. The molecular weight excluding hydrogens is 429 g/mol. The van der Waals surface area contributed by atoms with E-state index in [1.54, 1.807) is 20.5 Å². The van der Waals surface area contributed by atoms with Gasteiger partial charge in [-0.3, -0.25) is 0 Å². The highest BCUT2D eigenvalue weighted by Gasteiger charge is 2.48. The first-order chi connectivity index (χ1) is 15.3. The van der Waals surface area contributed by atoms with E-state index in [1.165, 1.54) is 72.9 Å². The average molecular weight is 463 g/mol. The molecule has 0 unspecified atom stereocenters. The quantitative estimate of drug-likeness (QED) is 0.163. The highest BCUT2D eigenvalue weighted by Crippen LogP contribution is 2.47. The number of hydrogen-bond acceptors (Lipinski definition) is 2. The first kappa shape index (κ1) is 21.4. The van der Waals surface area contributed by atoms with Crippen LogP contribution >= 0.6 is 22.7 Å². The predicted octanol–water partition coefficient (Wildman–Crippen LogP) is 8.82. The highest BCUT2D eigenvalue weighted by atomic mass is 32.1. The van der Waals surface area contributed by atoms with Gasteiger partial charge in [-0.2, -0.15) is 0 Å². The van der Waals surface area contributed by atoms with E-state index in [-0.39, 0.29) is 0 Å². The standard InChI is InChI=1S/C28H34S2Si/c1-3-5-7-13-19-31(20-14-8-6-4-2)27-21-15-9-11-17-23(21)29-25(27)26-28(31)22-16-10-12-18-24(22)30-26/h9-12,15-18H,3-8,13-14,19-20H2,1-2H3. The van der Waals surface area contributed by atoms with Crippen molar-refractivity contribution in [2.45, 2.75) is 77.3 Å². The summed E-state index contributed by atoms with van der Waals surface area (Å²) >= 11 is 4.16. The summed E-state index contributed by atoms with van der Waals surface area (Å²) in [4.78, 5) is 3.30. The van der Waals surface area contributed by atoms with E-state index in [9.17, 15) is 0 Å². The molecule has 0 aliphatic carbocycles. The maximum absolute atomic E-state index is 2.43. The molecule has 0 atom stereocenters. The molecular formula is C28H34S2Si. The van der Waals surface area contributed by atoms with Crippen LogP contribution in [0.15, 0.2) is 48.5 Å². The van der Waals surface area contributed by atoms with Gasteiger partial charge in [-0.25, -0.2) is 0 Å². The SMILES string of the molecule is CCCCCC[Si]1(CCCCCC)c2c(sc3ccccc23)-c2sc3ccccc3c21. The summed E-state index contributed by atoms with van der Waals surface area (Å²) in [6.45, 7) is 4.67. The van der Waals surface area contributed by atoms with Crippen molar-refractivity contribution in [2.75, 3.05) is 0 Å². The first-order valence-electron chi connectivity index (χ1n) is 12.3. The smallest absolute Gasteiger partial charge is 0.123 e. The molecule has 3 heteroatoms. The molecule has 0 saturated heterocycles. The molecule has 5 rings (SSSR count). The molecule has 31 heavy (non-hydrogen) atoms. The minimum Gasteiger partial charge on any atom is -0.134 e. The van der Waals surface area contributed by atoms with Gasteiger partial charge in [0.05, 0.1) is 0 Å². The van der Waals surface area contributed by atoms with Crippen LogP contribution in [-0.2, 0) is 0 Å². The monoisotopic (exact) mass is 462 g/mol. The van der Waals surface area contributed by atoms with Gasteiger partial charge >= 0.3 is 0 Å². The molecule has 4 aromatic rings. The summed E-state index contributed by atoms with van der Waals surface area (Å²) < 4.78 is 3.02. The molecule has 0 radical (unpaired) electrons. The maximum atomic E-state index is 2.43. The summed E-state index contributed by atoms with van der Waals surface area (Å²) in [6, 6.07) is 21.5. The Morgan fingerprint density at radius 1 is 0.581 bits per heavy atom. The van der Waals surface area contributed by atoms with Crippen LogP contribution in [0.25, 0.3) is 29.9 Å². The number of benzene rings is 2. The molecule has 1 aliphatic rings. The van der Waals surface area contributed by atoms with Crippen molar-refractivity contribution in [1.82, 2.24) is 0 Å². The second kappa shape index (κ2) is 9.21. The number of unbranched alkanes of at least 4 members (excludes halogenated alkanes) is 6. The Hall–Kier alpha value is -1.42. The maximum Gasteiger partial charge on any atom is 0.123 e. The minimum atomic E-state index is -1.78. The molecule has 0 N–H and O–H groups in total. The Labute approximate surface area is 196 Å². The molecule has 0 bridgehead atoms. The van der Waals surface area contributed by atoms with Crippen LogP contribution < -0.4 is 10.4 Å². The second-order valence-electron chi connectivity index (χ2n) is 9.31. The molecule has 0 saturated carbocycles. The molecule has 0 nitrogen and oxygen atoms in total. The summed E-state index contributed by atoms with van der Waals surface area (Å²) in [7, 11) is -1.78. The van der Waals surface area contributed by atoms with Gasteiger partial charge in [-0.05, 0) is 45.4 Å². The fourth-order valence-corrected chi connectivity index (χ4v) is 15.8. The van der Waals surface area contributed by atoms with Gasteiger partial charge in [0.25, 0.3) is 0 Å². The molecule has 0 fully saturated rings. The van der Waals surface area contributed by atoms with Crippen molar-refractivity contribution in [3.8, 4) is 9.75 Å². The van der Waals surface area contributed by atoms with E-state index in [0.717, 1.165) is 0 Å². The largest absolute Gasteiger partial charge is 0.134 e. The lowest BCUT2D eigenvalue weighted by Crippen LogP contribution is -2.55. The van der Waals surface area contributed by atoms with Gasteiger partial charge in [-0.1, -0.05) is 102 Å². The van der Waals surface area contributed by atoms with Crippen LogP contribution in [0.4, 0.5) is 0 Å². The van der Waals surface area contributed by atoms with Gasteiger partial charge < -0.3 is 0 Å². The normalized spacial score (nSPS) is 14.4. The van der Waals surface area contributed by atoms with Crippen molar-refractivity contribution >= 4 is 61.3 Å². The third kappa shape index (κ3) is 3.63. The number of fused-ring (bicyclic) bond motifs is 7. The van der Waals surface area contributed by atoms with E-state index in [4.69, 9.17) is 0 Å². The number of rotatable bonds is 10. The van der Waals surface area contributed by atoms with Gasteiger partial charge in [0.2, 0.25) is 0 Å².